The van der Waals surface area contributed by atoms with E-state index in [9.17, 15) is 4.39 Å². The highest BCUT2D eigenvalue weighted by Crippen LogP contribution is 2.22. The fourth-order valence-corrected chi connectivity index (χ4v) is 2.35. The van der Waals surface area contributed by atoms with Crippen LogP contribution in [-0.2, 0) is 4.74 Å². The molecule has 0 spiro atoms. The SMILES string of the molecule is COCCCCNC(c1ccccc1)c1ccc(F)cc1. The molecule has 0 saturated heterocycles. The zero-order chi connectivity index (χ0) is 14.9. The number of ether oxygens (including phenoxy) is 1. The van der Waals surface area contributed by atoms with E-state index in [0.29, 0.717) is 0 Å². The lowest BCUT2D eigenvalue weighted by molar-refractivity contribution is 0.192. The van der Waals surface area contributed by atoms with Gasteiger partial charge in [0.15, 0.2) is 0 Å². The number of unbranched alkanes of at least 4 members (excludes halogenated alkanes) is 1. The third-order valence-electron chi connectivity index (χ3n) is 3.46. The smallest absolute Gasteiger partial charge is 0.123 e. The fraction of sp³-hybridized carbons (Fsp3) is 0.333. The molecule has 0 radical (unpaired) electrons. The van der Waals surface area contributed by atoms with E-state index in [1.165, 1.54) is 17.7 Å². The van der Waals surface area contributed by atoms with Crippen LogP contribution in [-0.4, -0.2) is 20.3 Å². The van der Waals surface area contributed by atoms with Gasteiger partial charge in [0.25, 0.3) is 0 Å². The molecule has 2 rings (SSSR count). The molecule has 1 atom stereocenters. The fourth-order valence-electron chi connectivity index (χ4n) is 2.35. The van der Waals surface area contributed by atoms with Crippen molar-refractivity contribution in [2.45, 2.75) is 18.9 Å². The molecule has 0 aliphatic rings. The Morgan fingerprint density at radius 3 is 2.29 bits per heavy atom. The molecule has 0 saturated carbocycles. The van der Waals surface area contributed by atoms with Crippen molar-refractivity contribution in [1.82, 2.24) is 5.32 Å². The average molecular weight is 287 g/mol. The van der Waals surface area contributed by atoms with Crippen molar-refractivity contribution in [1.29, 1.82) is 0 Å². The summed E-state index contributed by atoms with van der Waals surface area (Å²) in [6.45, 7) is 1.69. The maximum atomic E-state index is 13.1. The van der Waals surface area contributed by atoms with Crippen molar-refractivity contribution < 1.29 is 9.13 Å². The Bertz CT molecular complexity index is 513. The molecule has 1 N–H and O–H groups in total. The molecule has 0 aliphatic carbocycles. The molecule has 3 heteroatoms. The monoisotopic (exact) mass is 287 g/mol. The van der Waals surface area contributed by atoms with Crippen LogP contribution in [0.5, 0.6) is 0 Å². The normalized spacial score (nSPS) is 12.3. The Hall–Kier alpha value is -1.71. The van der Waals surface area contributed by atoms with Crippen LogP contribution in [0.3, 0.4) is 0 Å². The molecule has 0 fully saturated rings. The van der Waals surface area contributed by atoms with Gasteiger partial charge in [-0.2, -0.15) is 0 Å². The summed E-state index contributed by atoms with van der Waals surface area (Å²) in [7, 11) is 1.72. The van der Waals surface area contributed by atoms with Gasteiger partial charge in [0, 0.05) is 13.7 Å². The molecule has 112 valence electrons. The Morgan fingerprint density at radius 2 is 1.62 bits per heavy atom. The second-order valence-electron chi connectivity index (χ2n) is 5.05. The predicted molar refractivity (Wildman–Crippen MR) is 83.8 cm³/mol. The van der Waals surface area contributed by atoms with E-state index in [1.807, 2.05) is 30.3 Å². The molecule has 0 aromatic heterocycles. The lowest BCUT2D eigenvalue weighted by Crippen LogP contribution is -2.23. The van der Waals surface area contributed by atoms with E-state index in [1.54, 1.807) is 7.11 Å². The molecule has 0 amide bonds. The van der Waals surface area contributed by atoms with Crippen LogP contribution >= 0.6 is 0 Å². The summed E-state index contributed by atoms with van der Waals surface area (Å²) in [6, 6.07) is 17.0. The van der Waals surface area contributed by atoms with Crippen LogP contribution in [0.1, 0.15) is 30.0 Å². The highest BCUT2D eigenvalue weighted by molar-refractivity contribution is 5.31. The third-order valence-corrected chi connectivity index (χ3v) is 3.46. The van der Waals surface area contributed by atoms with Gasteiger partial charge in [-0.1, -0.05) is 42.5 Å². The van der Waals surface area contributed by atoms with Crippen LogP contribution in [0.25, 0.3) is 0 Å². The van der Waals surface area contributed by atoms with Crippen molar-refractivity contribution in [2.24, 2.45) is 0 Å². The first-order valence-corrected chi connectivity index (χ1v) is 7.34. The van der Waals surface area contributed by atoms with E-state index in [2.05, 4.69) is 17.4 Å². The van der Waals surface area contributed by atoms with Crippen molar-refractivity contribution >= 4 is 0 Å². The van der Waals surface area contributed by atoms with E-state index in [4.69, 9.17) is 4.74 Å². The number of hydrogen-bond acceptors (Lipinski definition) is 2. The molecule has 0 heterocycles. The Kier molecular flexibility index (Phi) is 6.38. The lowest BCUT2D eigenvalue weighted by Gasteiger charge is -2.20. The van der Waals surface area contributed by atoms with Crippen molar-refractivity contribution in [3.05, 3.63) is 71.5 Å². The first kappa shape index (κ1) is 15.7. The van der Waals surface area contributed by atoms with Gasteiger partial charge in [-0.15, -0.1) is 0 Å². The maximum absolute atomic E-state index is 13.1. The van der Waals surface area contributed by atoms with E-state index < -0.39 is 0 Å². The Balaban J connectivity index is 2.06. The van der Waals surface area contributed by atoms with Gasteiger partial charge in [-0.25, -0.2) is 4.39 Å². The highest BCUT2D eigenvalue weighted by Gasteiger charge is 2.12. The Labute approximate surface area is 126 Å². The summed E-state index contributed by atoms with van der Waals surface area (Å²) < 4.78 is 18.2. The van der Waals surface area contributed by atoms with E-state index in [0.717, 1.165) is 31.6 Å². The molecule has 2 aromatic rings. The summed E-state index contributed by atoms with van der Waals surface area (Å²) in [5.41, 5.74) is 2.27. The minimum Gasteiger partial charge on any atom is -0.385 e. The topological polar surface area (TPSA) is 21.3 Å². The van der Waals surface area contributed by atoms with Gasteiger partial charge < -0.3 is 10.1 Å². The van der Waals surface area contributed by atoms with Crippen molar-refractivity contribution in [3.63, 3.8) is 0 Å². The first-order valence-electron chi connectivity index (χ1n) is 7.34. The van der Waals surface area contributed by atoms with Crippen LogP contribution in [0.4, 0.5) is 4.39 Å². The quantitative estimate of drug-likeness (QED) is 0.743. The minimum atomic E-state index is -0.203. The summed E-state index contributed by atoms with van der Waals surface area (Å²) in [5, 5.41) is 3.55. The zero-order valence-corrected chi connectivity index (χ0v) is 12.4. The van der Waals surface area contributed by atoms with E-state index >= 15 is 0 Å². The predicted octanol–water partition coefficient (Wildman–Crippen LogP) is 3.93. The molecular formula is C18H22FNO. The summed E-state index contributed by atoms with van der Waals surface area (Å²) in [6.07, 6.45) is 2.09. The molecule has 0 bridgehead atoms. The van der Waals surface area contributed by atoms with Gasteiger partial charge >= 0.3 is 0 Å². The van der Waals surface area contributed by atoms with Crippen LogP contribution < -0.4 is 5.32 Å². The Morgan fingerprint density at radius 1 is 0.952 bits per heavy atom. The summed E-state index contributed by atoms with van der Waals surface area (Å²) in [5.74, 6) is -0.203. The van der Waals surface area contributed by atoms with Crippen LogP contribution in [0.15, 0.2) is 54.6 Å². The van der Waals surface area contributed by atoms with E-state index in [-0.39, 0.29) is 11.9 Å². The van der Waals surface area contributed by atoms with Gasteiger partial charge in [-0.05, 0) is 42.6 Å². The average Bonchev–Trinajstić information content (AvgIpc) is 2.53. The van der Waals surface area contributed by atoms with Crippen molar-refractivity contribution in [2.75, 3.05) is 20.3 Å². The summed E-state index contributed by atoms with van der Waals surface area (Å²) >= 11 is 0. The maximum Gasteiger partial charge on any atom is 0.123 e. The minimum absolute atomic E-state index is 0.0920. The number of nitrogens with one attached hydrogen (secondary N) is 1. The van der Waals surface area contributed by atoms with Gasteiger partial charge in [0.1, 0.15) is 5.82 Å². The molecule has 2 nitrogen and oxygen atoms in total. The largest absolute Gasteiger partial charge is 0.385 e. The standard InChI is InChI=1S/C18H22FNO/c1-21-14-6-5-13-20-18(15-7-3-2-4-8-15)16-9-11-17(19)12-10-16/h2-4,7-12,18,20H,5-6,13-14H2,1H3. The van der Waals surface area contributed by atoms with Crippen LogP contribution in [0.2, 0.25) is 0 Å². The molecular weight excluding hydrogens is 265 g/mol. The van der Waals surface area contributed by atoms with Crippen molar-refractivity contribution in [3.8, 4) is 0 Å². The zero-order valence-electron chi connectivity index (χ0n) is 12.4. The molecule has 2 aromatic carbocycles. The number of halogens is 1. The first-order chi connectivity index (χ1) is 10.3. The lowest BCUT2D eigenvalue weighted by atomic mass is 9.98. The molecule has 1 unspecified atom stereocenters. The van der Waals surface area contributed by atoms with Crippen LogP contribution in [0, 0.1) is 5.82 Å². The number of benzene rings is 2. The second kappa shape index (κ2) is 8.55. The second-order valence-corrected chi connectivity index (χ2v) is 5.05. The summed E-state index contributed by atoms with van der Waals surface area (Å²) in [4.78, 5) is 0. The number of hydrogen-bond donors (Lipinski definition) is 1. The van der Waals surface area contributed by atoms with Gasteiger partial charge in [0.05, 0.1) is 6.04 Å². The van der Waals surface area contributed by atoms with Gasteiger partial charge in [-0.3, -0.25) is 0 Å². The van der Waals surface area contributed by atoms with Gasteiger partial charge in [0.2, 0.25) is 0 Å². The number of rotatable bonds is 8. The highest BCUT2D eigenvalue weighted by atomic mass is 19.1. The number of methoxy groups -OCH3 is 1. The molecule has 21 heavy (non-hydrogen) atoms. The third kappa shape index (κ3) is 4.96. The molecule has 0 aliphatic heterocycles.